The SMILES string of the molecule is Cc1[nH]c2ccccc2c1C(=O)[C@H](C)OC(=O)C1CC1. The lowest BCUT2D eigenvalue weighted by atomic mass is 10.0. The molecule has 4 heteroatoms. The van der Waals surface area contributed by atoms with Gasteiger partial charge in [0.05, 0.1) is 5.92 Å². The van der Waals surface area contributed by atoms with Crippen LogP contribution < -0.4 is 0 Å². The fraction of sp³-hybridized carbons (Fsp3) is 0.375. The van der Waals surface area contributed by atoms with Crippen LogP contribution in [0.1, 0.15) is 35.8 Å². The maximum absolute atomic E-state index is 12.5. The number of ketones is 1. The van der Waals surface area contributed by atoms with E-state index in [1.165, 1.54) is 0 Å². The molecule has 0 spiro atoms. The lowest BCUT2D eigenvalue weighted by Crippen LogP contribution is -2.25. The number of aromatic nitrogens is 1. The van der Waals surface area contributed by atoms with Crippen molar-refractivity contribution in [2.45, 2.75) is 32.8 Å². The molecule has 1 heterocycles. The van der Waals surface area contributed by atoms with Gasteiger partial charge in [0.15, 0.2) is 6.10 Å². The van der Waals surface area contributed by atoms with Crippen molar-refractivity contribution in [3.05, 3.63) is 35.5 Å². The van der Waals surface area contributed by atoms with Crippen LogP contribution in [0.4, 0.5) is 0 Å². The van der Waals surface area contributed by atoms with Gasteiger partial charge >= 0.3 is 5.97 Å². The molecule has 1 aliphatic rings. The second-order valence-corrected chi connectivity index (χ2v) is 5.39. The van der Waals surface area contributed by atoms with Gasteiger partial charge < -0.3 is 9.72 Å². The number of esters is 1. The molecule has 1 aromatic carbocycles. The summed E-state index contributed by atoms with van der Waals surface area (Å²) in [6.07, 6.45) is 1.03. The second kappa shape index (κ2) is 4.78. The van der Waals surface area contributed by atoms with Crippen LogP contribution in [0.15, 0.2) is 24.3 Å². The highest BCUT2D eigenvalue weighted by atomic mass is 16.5. The van der Waals surface area contributed by atoms with Crippen molar-refractivity contribution in [2.75, 3.05) is 0 Å². The summed E-state index contributed by atoms with van der Waals surface area (Å²) in [5.74, 6) is -0.383. The fourth-order valence-electron chi connectivity index (χ4n) is 2.44. The highest BCUT2D eigenvalue weighted by molar-refractivity contribution is 6.11. The van der Waals surface area contributed by atoms with Crippen molar-refractivity contribution >= 4 is 22.7 Å². The quantitative estimate of drug-likeness (QED) is 0.687. The van der Waals surface area contributed by atoms with Gasteiger partial charge in [-0.05, 0) is 32.8 Å². The Morgan fingerprint density at radius 1 is 1.30 bits per heavy atom. The molecule has 1 aromatic heterocycles. The Bertz CT molecular complexity index is 682. The Kier molecular flexibility index (Phi) is 3.08. The molecule has 20 heavy (non-hydrogen) atoms. The standard InChI is InChI=1S/C16H17NO3/c1-9-14(12-5-3-4-6-13(12)17-9)15(18)10(2)20-16(19)11-7-8-11/h3-6,10-11,17H,7-8H2,1-2H3/t10-/m0/s1. The van der Waals surface area contributed by atoms with E-state index >= 15 is 0 Å². The van der Waals surface area contributed by atoms with Crippen LogP contribution in [0, 0.1) is 12.8 Å². The Hall–Kier alpha value is -2.10. The number of aromatic amines is 1. The van der Waals surface area contributed by atoms with Crippen LogP contribution in [0.2, 0.25) is 0 Å². The lowest BCUT2D eigenvalue weighted by Gasteiger charge is -2.12. The zero-order chi connectivity index (χ0) is 14.3. The Balaban J connectivity index is 1.87. The first-order valence-corrected chi connectivity index (χ1v) is 6.90. The predicted octanol–water partition coefficient (Wildman–Crippen LogP) is 3.00. The van der Waals surface area contributed by atoms with E-state index in [4.69, 9.17) is 4.74 Å². The molecule has 1 fully saturated rings. The molecule has 3 rings (SSSR count). The molecule has 1 saturated carbocycles. The average Bonchev–Trinajstić information content (AvgIpc) is 3.20. The number of carbonyl (C=O) groups is 2. The van der Waals surface area contributed by atoms with E-state index in [0.29, 0.717) is 5.56 Å². The molecule has 1 aliphatic carbocycles. The summed E-state index contributed by atoms with van der Waals surface area (Å²) in [6, 6.07) is 7.65. The highest BCUT2D eigenvalue weighted by Crippen LogP contribution is 2.31. The summed E-state index contributed by atoms with van der Waals surface area (Å²) in [5, 5.41) is 0.879. The van der Waals surface area contributed by atoms with Gasteiger partial charge in [0.1, 0.15) is 0 Å². The van der Waals surface area contributed by atoms with Crippen molar-refractivity contribution in [3.8, 4) is 0 Å². The molecule has 1 N–H and O–H groups in total. The summed E-state index contributed by atoms with van der Waals surface area (Å²) in [5.41, 5.74) is 2.36. The van der Waals surface area contributed by atoms with Gasteiger partial charge in [-0.1, -0.05) is 18.2 Å². The smallest absolute Gasteiger partial charge is 0.309 e. The first kappa shape index (κ1) is 12.9. The molecule has 1 atom stereocenters. The molecule has 0 aliphatic heterocycles. The zero-order valence-corrected chi connectivity index (χ0v) is 11.6. The minimum atomic E-state index is -0.735. The van der Waals surface area contributed by atoms with Crippen LogP contribution in [0.3, 0.4) is 0 Å². The molecular formula is C16H17NO3. The van der Waals surface area contributed by atoms with Gasteiger partial charge in [-0.3, -0.25) is 9.59 Å². The number of rotatable bonds is 4. The Morgan fingerprint density at radius 2 is 2.00 bits per heavy atom. The van der Waals surface area contributed by atoms with Crippen LogP contribution in [-0.2, 0) is 9.53 Å². The maximum atomic E-state index is 12.5. The maximum Gasteiger partial charge on any atom is 0.309 e. The number of benzene rings is 1. The van der Waals surface area contributed by atoms with Gasteiger partial charge in [0, 0.05) is 22.2 Å². The molecule has 0 amide bonds. The monoisotopic (exact) mass is 271 g/mol. The van der Waals surface area contributed by atoms with Gasteiger partial charge in [0.25, 0.3) is 0 Å². The third-order valence-electron chi connectivity index (χ3n) is 3.71. The fourth-order valence-corrected chi connectivity index (χ4v) is 2.44. The number of hydrogen-bond acceptors (Lipinski definition) is 3. The number of hydrogen-bond donors (Lipinski definition) is 1. The normalized spacial score (nSPS) is 16.1. The first-order chi connectivity index (χ1) is 9.58. The topological polar surface area (TPSA) is 59.2 Å². The minimum absolute atomic E-state index is 0.00863. The molecule has 0 saturated heterocycles. The van der Waals surface area contributed by atoms with Crippen molar-refractivity contribution < 1.29 is 14.3 Å². The number of fused-ring (bicyclic) bond motifs is 1. The number of aryl methyl sites for hydroxylation is 1. The summed E-state index contributed by atoms with van der Waals surface area (Å²) in [6.45, 7) is 3.51. The number of nitrogens with one attached hydrogen (secondary N) is 1. The molecule has 0 bridgehead atoms. The van der Waals surface area contributed by atoms with Gasteiger partial charge in [-0.2, -0.15) is 0 Å². The highest BCUT2D eigenvalue weighted by Gasteiger charge is 2.34. The van der Waals surface area contributed by atoms with Gasteiger partial charge in [-0.15, -0.1) is 0 Å². The van der Waals surface area contributed by atoms with Gasteiger partial charge in [-0.25, -0.2) is 0 Å². The van der Waals surface area contributed by atoms with Gasteiger partial charge in [0.2, 0.25) is 5.78 Å². The first-order valence-electron chi connectivity index (χ1n) is 6.90. The van der Waals surface area contributed by atoms with Crippen molar-refractivity contribution in [2.24, 2.45) is 5.92 Å². The number of H-pyrrole nitrogens is 1. The number of ether oxygens (including phenoxy) is 1. The van der Waals surface area contributed by atoms with Crippen LogP contribution in [-0.4, -0.2) is 22.8 Å². The molecule has 0 unspecified atom stereocenters. The van der Waals surface area contributed by atoms with Crippen LogP contribution in [0.5, 0.6) is 0 Å². The molecule has 4 nitrogen and oxygen atoms in total. The second-order valence-electron chi connectivity index (χ2n) is 5.39. The summed E-state index contributed by atoms with van der Waals surface area (Å²) < 4.78 is 5.26. The Morgan fingerprint density at radius 3 is 2.70 bits per heavy atom. The van der Waals surface area contributed by atoms with E-state index in [0.717, 1.165) is 29.4 Å². The predicted molar refractivity (Wildman–Crippen MR) is 75.6 cm³/mol. The van der Waals surface area contributed by atoms with Crippen LogP contribution >= 0.6 is 0 Å². The van der Waals surface area contributed by atoms with E-state index in [2.05, 4.69) is 4.98 Å². The van der Waals surface area contributed by atoms with Crippen LogP contribution in [0.25, 0.3) is 10.9 Å². The van der Waals surface area contributed by atoms with E-state index in [-0.39, 0.29) is 17.7 Å². The third kappa shape index (κ3) is 2.22. The lowest BCUT2D eigenvalue weighted by molar-refractivity contribution is -0.147. The number of carbonyl (C=O) groups excluding carboxylic acids is 2. The molecule has 2 aromatic rings. The van der Waals surface area contributed by atoms with Crippen molar-refractivity contribution in [3.63, 3.8) is 0 Å². The summed E-state index contributed by atoms with van der Waals surface area (Å²) in [7, 11) is 0. The summed E-state index contributed by atoms with van der Waals surface area (Å²) in [4.78, 5) is 27.4. The minimum Gasteiger partial charge on any atom is -0.454 e. The largest absolute Gasteiger partial charge is 0.454 e. The number of Topliss-reactive ketones (excluding diaryl/α,β-unsaturated/α-hetero) is 1. The molecule has 104 valence electrons. The number of para-hydroxylation sites is 1. The summed E-state index contributed by atoms with van der Waals surface area (Å²) >= 11 is 0. The van der Waals surface area contributed by atoms with E-state index in [9.17, 15) is 9.59 Å². The molecular weight excluding hydrogens is 254 g/mol. The van der Waals surface area contributed by atoms with Crippen molar-refractivity contribution in [1.29, 1.82) is 0 Å². The van der Waals surface area contributed by atoms with E-state index in [1.54, 1.807) is 6.92 Å². The molecule has 0 radical (unpaired) electrons. The average molecular weight is 271 g/mol. The third-order valence-corrected chi connectivity index (χ3v) is 3.71. The Labute approximate surface area is 117 Å². The zero-order valence-electron chi connectivity index (χ0n) is 11.6. The van der Waals surface area contributed by atoms with E-state index < -0.39 is 6.10 Å². The van der Waals surface area contributed by atoms with Crippen molar-refractivity contribution in [1.82, 2.24) is 4.98 Å². The van der Waals surface area contributed by atoms with E-state index in [1.807, 2.05) is 31.2 Å².